The molecule has 29 heavy (non-hydrogen) atoms. The van der Waals surface area contributed by atoms with Crippen LogP contribution in [0.1, 0.15) is 65.7 Å². The highest BCUT2D eigenvalue weighted by atomic mass is 31.2. The molecule has 1 fully saturated rings. The molecule has 1 rings (SSSR count). The molecule has 7 heteroatoms. The fraction of sp³-hybridized carbons (Fsp3) is 0.955. The van der Waals surface area contributed by atoms with E-state index in [4.69, 9.17) is 18.3 Å². The zero-order chi connectivity index (χ0) is 21.9. The van der Waals surface area contributed by atoms with Gasteiger partial charge in [0.2, 0.25) is 0 Å². The van der Waals surface area contributed by atoms with Gasteiger partial charge in [0, 0.05) is 13.5 Å². The molecular formula is C22H45NO5P+. The van der Waals surface area contributed by atoms with Crippen molar-refractivity contribution in [1.82, 2.24) is 0 Å². The Hall–Kier alpha value is -0.260. The molecule has 0 aliphatic heterocycles. The summed E-state index contributed by atoms with van der Waals surface area (Å²) in [5.41, 5.74) is 0.0782. The Morgan fingerprint density at radius 1 is 1.14 bits per heavy atom. The summed E-state index contributed by atoms with van der Waals surface area (Å²) in [6, 6.07) is 0. The molecular weight excluding hydrogens is 389 g/mol. The molecule has 0 bridgehead atoms. The monoisotopic (exact) mass is 434 g/mol. The lowest BCUT2D eigenvalue weighted by molar-refractivity contribution is -0.870. The van der Waals surface area contributed by atoms with Crippen molar-refractivity contribution in [3.8, 4) is 0 Å². The minimum Gasteiger partial charge on any atom is -0.466 e. The van der Waals surface area contributed by atoms with Crippen LogP contribution in [0.4, 0.5) is 0 Å². The first-order valence-corrected chi connectivity index (χ1v) is 12.2. The van der Waals surface area contributed by atoms with Crippen LogP contribution in [-0.2, 0) is 23.1 Å². The third-order valence-corrected chi connectivity index (χ3v) is 6.57. The van der Waals surface area contributed by atoms with Gasteiger partial charge in [-0.05, 0) is 36.5 Å². The van der Waals surface area contributed by atoms with Crippen LogP contribution in [-0.4, -0.2) is 65.1 Å². The molecule has 4 atom stereocenters. The molecule has 0 amide bonds. The highest BCUT2D eigenvalue weighted by Crippen LogP contribution is 2.46. The Bertz CT molecular complexity index is 471. The smallest absolute Gasteiger partial charge is 0.332 e. The maximum Gasteiger partial charge on any atom is 0.332 e. The number of esters is 1. The van der Waals surface area contributed by atoms with E-state index in [0.717, 1.165) is 29.8 Å². The molecule has 1 aliphatic carbocycles. The summed E-state index contributed by atoms with van der Waals surface area (Å²) in [6.45, 7) is 9.15. The van der Waals surface area contributed by atoms with Crippen molar-refractivity contribution in [1.29, 1.82) is 0 Å². The molecule has 0 N–H and O–H groups in total. The predicted octanol–water partition coefficient (Wildman–Crippen LogP) is 5.17. The van der Waals surface area contributed by atoms with Crippen molar-refractivity contribution >= 4 is 14.6 Å². The summed E-state index contributed by atoms with van der Waals surface area (Å²) < 4.78 is 22.9. The Labute approximate surface area is 180 Å². The van der Waals surface area contributed by atoms with Gasteiger partial charge in [0.05, 0.1) is 40.8 Å². The van der Waals surface area contributed by atoms with Crippen LogP contribution >= 0.6 is 8.60 Å². The molecule has 0 aromatic heterocycles. The summed E-state index contributed by atoms with van der Waals surface area (Å²) in [5.74, 6) is 1.36. The number of rotatable bonds is 14. The van der Waals surface area contributed by atoms with Crippen LogP contribution in [0, 0.1) is 17.3 Å². The second kappa shape index (κ2) is 13.2. The van der Waals surface area contributed by atoms with E-state index in [2.05, 4.69) is 41.9 Å². The minimum absolute atomic E-state index is 0.0782. The number of hydrogen-bond acceptors (Lipinski definition) is 5. The lowest BCUT2D eigenvalue weighted by atomic mass is 9.64. The number of quaternary nitrogens is 1. The maximum absolute atomic E-state index is 12.4. The van der Waals surface area contributed by atoms with Crippen molar-refractivity contribution in [3.05, 3.63) is 0 Å². The maximum atomic E-state index is 12.4. The standard InChI is InChI=1S/C22H45NO5P/c1-8-10-20-15-19(2)16-22(3,17-20)18-21(24)26-12-9-13-27-29(25-7)28-14-11-23(4,5)6/h19-20H,8-18H2,1-7H3/q+1. The van der Waals surface area contributed by atoms with Crippen LogP contribution in [0.25, 0.3) is 0 Å². The summed E-state index contributed by atoms with van der Waals surface area (Å²) in [7, 11) is 6.61. The second-order valence-corrected chi connectivity index (χ2v) is 11.4. The SMILES string of the molecule is CCCC1CC(C)CC(C)(CC(=O)OCCCOP(OC)OCC[N+](C)(C)C)C1. The van der Waals surface area contributed by atoms with E-state index < -0.39 is 8.60 Å². The van der Waals surface area contributed by atoms with E-state index in [1.165, 1.54) is 19.3 Å². The number of likely N-dealkylation sites (N-methyl/N-ethyl adjacent to an activating group) is 1. The third-order valence-electron chi connectivity index (χ3n) is 5.48. The molecule has 0 heterocycles. The zero-order valence-corrected chi connectivity index (χ0v) is 20.8. The van der Waals surface area contributed by atoms with Crippen molar-refractivity contribution in [3.63, 3.8) is 0 Å². The topological polar surface area (TPSA) is 54.0 Å². The van der Waals surface area contributed by atoms with Crippen LogP contribution in [0.15, 0.2) is 0 Å². The van der Waals surface area contributed by atoms with E-state index in [1.54, 1.807) is 7.11 Å². The van der Waals surface area contributed by atoms with Gasteiger partial charge in [-0.25, -0.2) is 0 Å². The van der Waals surface area contributed by atoms with Crippen LogP contribution in [0.5, 0.6) is 0 Å². The van der Waals surface area contributed by atoms with E-state index >= 15 is 0 Å². The average molecular weight is 435 g/mol. The first kappa shape index (κ1) is 26.8. The van der Waals surface area contributed by atoms with Gasteiger partial charge < -0.3 is 22.8 Å². The molecule has 6 nitrogen and oxygen atoms in total. The van der Waals surface area contributed by atoms with Crippen LogP contribution in [0.2, 0.25) is 0 Å². The number of carbonyl (C=O) groups excluding carboxylic acids is 1. The van der Waals surface area contributed by atoms with E-state index in [0.29, 0.717) is 38.6 Å². The molecule has 4 unspecified atom stereocenters. The van der Waals surface area contributed by atoms with E-state index in [-0.39, 0.29) is 11.4 Å². The van der Waals surface area contributed by atoms with Gasteiger partial charge in [-0.15, -0.1) is 0 Å². The highest BCUT2D eigenvalue weighted by Gasteiger charge is 2.37. The molecule has 1 aliphatic rings. The normalized spacial score (nSPS) is 26.3. The summed E-state index contributed by atoms with van der Waals surface area (Å²) in [4.78, 5) is 12.4. The summed E-state index contributed by atoms with van der Waals surface area (Å²) >= 11 is 0. The average Bonchev–Trinajstić information content (AvgIpc) is 2.57. The molecule has 1 saturated carbocycles. The Balaban J connectivity index is 2.22. The molecule has 172 valence electrons. The van der Waals surface area contributed by atoms with Gasteiger partial charge in [0.15, 0.2) is 0 Å². The fourth-order valence-corrected chi connectivity index (χ4v) is 5.24. The molecule has 0 radical (unpaired) electrons. The molecule has 0 aromatic rings. The van der Waals surface area contributed by atoms with Crippen molar-refractivity contribution in [2.45, 2.75) is 65.7 Å². The second-order valence-electron chi connectivity index (χ2n) is 10.1. The number of hydrogen-bond donors (Lipinski definition) is 0. The highest BCUT2D eigenvalue weighted by molar-refractivity contribution is 7.41. The van der Waals surface area contributed by atoms with Gasteiger partial charge in [-0.3, -0.25) is 4.79 Å². The quantitative estimate of drug-likeness (QED) is 0.163. The summed E-state index contributed by atoms with van der Waals surface area (Å²) in [5, 5.41) is 0. The molecule has 0 spiro atoms. The largest absolute Gasteiger partial charge is 0.466 e. The van der Waals surface area contributed by atoms with Crippen LogP contribution in [0.3, 0.4) is 0 Å². The number of nitrogens with zero attached hydrogens (tertiary/aromatic N) is 1. The summed E-state index contributed by atoms with van der Waals surface area (Å²) in [6.07, 6.45) is 7.23. The first-order valence-electron chi connectivity index (χ1n) is 11.1. The van der Waals surface area contributed by atoms with Gasteiger partial charge >= 0.3 is 14.6 Å². The fourth-order valence-electron chi connectivity index (χ4n) is 4.45. The van der Waals surface area contributed by atoms with E-state index in [9.17, 15) is 4.79 Å². The first-order chi connectivity index (χ1) is 13.6. The Morgan fingerprint density at radius 3 is 2.45 bits per heavy atom. The van der Waals surface area contributed by atoms with Crippen molar-refractivity contribution in [2.24, 2.45) is 17.3 Å². The van der Waals surface area contributed by atoms with Crippen molar-refractivity contribution in [2.75, 3.05) is 54.6 Å². The lowest BCUT2D eigenvalue weighted by Gasteiger charge is -2.41. The predicted molar refractivity (Wildman–Crippen MR) is 118 cm³/mol. The number of carbonyl (C=O) groups is 1. The van der Waals surface area contributed by atoms with Crippen LogP contribution < -0.4 is 0 Å². The van der Waals surface area contributed by atoms with Crippen molar-refractivity contribution < 1.29 is 27.6 Å². The Morgan fingerprint density at radius 2 is 1.83 bits per heavy atom. The van der Waals surface area contributed by atoms with Gasteiger partial charge in [-0.2, -0.15) is 0 Å². The Kier molecular flexibility index (Phi) is 12.2. The van der Waals surface area contributed by atoms with Gasteiger partial charge in [-0.1, -0.05) is 33.6 Å². The molecule has 0 aromatic carbocycles. The zero-order valence-electron chi connectivity index (χ0n) is 19.9. The van der Waals surface area contributed by atoms with E-state index in [1.807, 2.05) is 0 Å². The number of ether oxygens (including phenoxy) is 1. The van der Waals surface area contributed by atoms with Gasteiger partial charge in [0.1, 0.15) is 13.2 Å². The molecule has 0 saturated heterocycles. The third kappa shape index (κ3) is 12.2. The minimum atomic E-state index is -1.33. The lowest BCUT2D eigenvalue weighted by Crippen LogP contribution is -2.37. The van der Waals surface area contributed by atoms with Gasteiger partial charge in [0.25, 0.3) is 0 Å².